The highest BCUT2D eigenvalue weighted by Crippen LogP contribution is 2.38. The summed E-state index contributed by atoms with van der Waals surface area (Å²) in [6.07, 6.45) is 4.33. The molecule has 0 saturated carbocycles. The molecule has 2 fully saturated rings. The molecular weight excluding hydrogens is 326 g/mol. The smallest absolute Gasteiger partial charge is 0.220 e. The average molecular weight is 346 g/mol. The molecule has 0 bridgehead atoms. The molecule has 6 heteroatoms. The topological polar surface area (TPSA) is 38.3 Å². The molecule has 3 rings (SSSR count). The second kappa shape index (κ2) is 6.90. The van der Waals surface area contributed by atoms with Crippen LogP contribution in [0.4, 0.5) is 0 Å². The number of amides is 1. The third-order valence-corrected chi connectivity index (χ3v) is 6.67. The zero-order valence-electron chi connectivity index (χ0n) is 11.9. The van der Waals surface area contributed by atoms with Crippen molar-refractivity contribution >= 4 is 40.6 Å². The van der Waals surface area contributed by atoms with Gasteiger partial charge in [-0.05, 0) is 43.6 Å². The molecule has 0 aromatic carbocycles. The molecule has 1 aromatic heterocycles. The highest BCUT2D eigenvalue weighted by atomic mass is 35.5. The number of ether oxygens (including phenoxy) is 1. The fraction of sp³-hybridized carbons (Fsp3) is 0.667. The quantitative estimate of drug-likeness (QED) is 0.907. The van der Waals surface area contributed by atoms with Crippen LogP contribution in [-0.2, 0) is 16.0 Å². The van der Waals surface area contributed by atoms with E-state index in [2.05, 4.69) is 5.32 Å². The van der Waals surface area contributed by atoms with Gasteiger partial charge in [0, 0.05) is 29.7 Å². The molecule has 21 heavy (non-hydrogen) atoms. The maximum atomic E-state index is 12.1. The summed E-state index contributed by atoms with van der Waals surface area (Å²) >= 11 is 9.42. The molecule has 2 saturated heterocycles. The Bertz CT molecular complexity index is 500. The van der Waals surface area contributed by atoms with Gasteiger partial charge >= 0.3 is 0 Å². The van der Waals surface area contributed by atoms with E-state index in [-0.39, 0.29) is 17.6 Å². The Morgan fingerprint density at radius 1 is 1.52 bits per heavy atom. The van der Waals surface area contributed by atoms with Crippen LogP contribution in [-0.4, -0.2) is 35.7 Å². The molecule has 0 unspecified atom stereocenters. The Morgan fingerprint density at radius 3 is 3.14 bits per heavy atom. The van der Waals surface area contributed by atoms with Crippen LogP contribution in [0.15, 0.2) is 12.1 Å². The Balaban J connectivity index is 1.46. The van der Waals surface area contributed by atoms with Crippen molar-refractivity contribution in [3.63, 3.8) is 0 Å². The lowest BCUT2D eigenvalue weighted by atomic mass is 9.90. The lowest BCUT2D eigenvalue weighted by Crippen LogP contribution is -2.48. The number of rotatable bonds is 4. The highest BCUT2D eigenvalue weighted by molar-refractivity contribution is 7.99. The molecule has 1 aromatic rings. The number of halogens is 1. The van der Waals surface area contributed by atoms with Crippen molar-refractivity contribution in [3.8, 4) is 0 Å². The van der Waals surface area contributed by atoms with Gasteiger partial charge in [-0.3, -0.25) is 4.79 Å². The molecule has 2 atom stereocenters. The molecule has 0 radical (unpaired) electrons. The van der Waals surface area contributed by atoms with Crippen LogP contribution >= 0.6 is 34.7 Å². The minimum absolute atomic E-state index is 0.0299. The summed E-state index contributed by atoms with van der Waals surface area (Å²) in [5.41, 5.74) is 0.0299. The molecule has 1 N–H and O–H groups in total. The van der Waals surface area contributed by atoms with Gasteiger partial charge in [0.2, 0.25) is 5.91 Å². The summed E-state index contributed by atoms with van der Waals surface area (Å²) in [5, 5.41) is 3.19. The van der Waals surface area contributed by atoms with Crippen LogP contribution in [0, 0.1) is 0 Å². The number of hydrogen-bond donors (Lipinski definition) is 1. The van der Waals surface area contributed by atoms with Gasteiger partial charge in [0.05, 0.1) is 9.94 Å². The molecule has 3 nitrogen and oxygen atoms in total. The molecule has 3 heterocycles. The van der Waals surface area contributed by atoms with Gasteiger partial charge in [-0.15, -0.1) is 11.3 Å². The third-order valence-electron chi connectivity index (χ3n) is 4.15. The lowest BCUT2D eigenvalue weighted by Gasteiger charge is -2.38. The fourth-order valence-electron chi connectivity index (χ4n) is 3.04. The zero-order chi connectivity index (χ0) is 14.7. The van der Waals surface area contributed by atoms with Gasteiger partial charge in [-0.2, -0.15) is 11.8 Å². The zero-order valence-corrected chi connectivity index (χ0v) is 14.3. The van der Waals surface area contributed by atoms with Crippen molar-refractivity contribution in [1.29, 1.82) is 0 Å². The summed E-state index contributed by atoms with van der Waals surface area (Å²) in [6.45, 7) is 0.770. The Hall–Kier alpha value is -0.230. The molecule has 1 amide bonds. The average Bonchev–Trinajstić information content (AvgIpc) is 3.06. The van der Waals surface area contributed by atoms with E-state index in [0.717, 1.165) is 42.4 Å². The molecule has 0 aliphatic carbocycles. The predicted molar refractivity (Wildman–Crippen MR) is 89.4 cm³/mol. The minimum Gasteiger partial charge on any atom is -0.374 e. The van der Waals surface area contributed by atoms with E-state index >= 15 is 0 Å². The first-order valence-corrected chi connectivity index (χ1v) is 9.75. The Morgan fingerprint density at radius 2 is 2.43 bits per heavy atom. The van der Waals surface area contributed by atoms with Gasteiger partial charge in [-0.1, -0.05) is 11.6 Å². The van der Waals surface area contributed by atoms with E-state index in [1.807, 2.05) is 23.9 Å². The van der Waals surface area contributed by atoms with Gasteiger partial charge in [0.1, 0.15) is 0 Å². The Kier molecular flexibility index (Phi) is 5.15. The molecule has 1 spiro atoms. The van der Waals surface area contributed by atoms with Crippen LogP contribution in [0.3, 0.4) is 0 Å². The fourth-order valence-corrected chi connectivity index (χ4v) is 5.50. The SMILES string of the molecule is O=C(CCc1ccc(Cl)s1)N[C@@H]1CCO[C@@]2(CCSC2)C1. The van der Waals surface area contributed by atoms with Crippen LogP contribution in [0.25, 0.3) is 0 Å². The highest BCUT2D eigenvalue weighted by Gasteiger charge is 2.40. The number of aryl methyl sites for hydroxylation is 1. The first-order valence-electron chi connectivity index (χ1n) is 7.41. The standard InChI is InChI=1S/C15H20ClNO2S2/c16-13-3-1-12(21-13)2-4-14(18)17-11-5-7-19-15(9-11)6-8-20-10-15/h1,3,11H,2,4-10H2,(H,17,18)/t11-,15+/m1/s1. The molecule has 2 aliphatic heterocycles. The van der Waals surface area contributed by atoms with E-state index in [1.165, 1.54) is 10.6 Å². The van der Waals surface area contributed by atoms with E-state index in [0.29, 0.717) is 6.42 Å². The van der Waals surface area contributed by atoms with Gasteiger partial charge in [0.15, 0.2) is 0 Å². The Labute approximate surface area is 138 Å². The van der Waals surface area contributed by atoms with E-state index in [4.69, 9.17) is 16.3 Å². The van der Waals surface area contributed by atoms with Crippen molar-refractivity contribution in [2.45, 2.75) is 43.7 Å². The number of hydrogen-bond acceptors (Lipinski definition) is 4. The van der Waals surface area contributed by atoms with Gasteiger partial charge in [-0.25, -0.2) is 0 Å². The maximum absolute atomic E-state index is 12.1. The van der Waals surface area contributed by atoms with Crippen LogP contribution in [0.2, 0.25) is 4.34 Å². The van der Waals surface area contributed by atoms with Crippen molar-refractivity contribution in [2.75, 3.05) is 18.1 Å². The third kappa shape index (κ3) is 4.15. The van der Waals surface area contributed by atoms with E-state index in [1.54, 1.807) is 11.3 Å². The van der Waals surface area contributed by atoms with Crippen molar-refractivity contribution in [3.05, 3.63) is 21.3 Å². The molecule has 2 aliphatic rings. The summed E-state index contributed by atoms with van der Waals surface area (Å²) in [7, 11) is 0. The number of thiophene rings is 1. The summed E-state index contributed by atoms with van der Waals surface area (Å²) < 4.78 is 6.77. The largest absolute Gasteiger partial charge is 0.374 e. The first kappa shape index (κ1) is 15.7. The summed E-state index contributed by atoms with van der Waals surface area (Å²) in [4.78, 5) is 13.3. The number of carbonyl (C=O) groups is 1. The normalized spacial score (nSPS) is 28.9. The number of thioether (sulfide) groups is 1. The molecular formula is C15H20ClNO2S2. The van der Waals surface area contributed by atoms with Crippen molar-refractivity contribution < 1.29 is 9.53 Å². The van der Waals surface area contributed by atoms with Crippen LogP contribution in [0.1, 0.15) is 30.6 Å². The van der Waals surface area contributed by atoms with Crippen LogP contribution in [0.5, 0.6) is 0 Å². The van der Waals surface area contributed by atoms with E-state index in [9.17, 15) is 4.79 Å². The van der Waals surface area contributed by atoms with Gasteiger partial charge < -0.3 is 10.1 Å². The van der Waals surface area contributed by atoms with Crippen LogP contribution < -0.4 is 5.32 Å². The van der Waals surface area contributed by atoms with Crippen molar-refractivity contribution in [2.24, 2.45) is 0 Å². The molecule has 116 valence electrons. The summed E-state index contributed by atoms with van der Waals surface area (Å²) in [6, 6.07) is 4.16. The maximum Gasteiger partial charge on any atom is 0.220 e. The monoisotopic (exact) mass is 345 g/mol. The van der Waals surface area contributed by atoms with Crippen molar-refractivity contribution in [1.82, 2.24) is 5.32 Å². The first-order chi connectivity index (χ1) is 10.2. The predicted octanol–water partition coefficient (Wildman–Crippen LogP) is 3.51. The summed E-state index contributed by atoms with van der Waals surface area (Å²) in [5.74, 6) is 2.40. The second-order valence-electron chi connectivity index (χ2n) is 5.80. The number of nitrogens with one attached hydrogen (secondary N) is 1. The minimum atomic E-state index is 0.0299. The lowest BCUT2D eigenvalue weighted by molar-refractivity contribution is -0.124. The van der Waals surface area contributed by atoms with E-state index < -0.39 is 0 Å². The van der Waals surface area contributed by atoms with Gasteiger partial charge in [0.25, 0.3) is 0 Å². The second-order valence-corrected chi connectivity index (χ2v) is 8.70. The number of carbonyl (C=O) groups excluding carboxylic acids is 1.